The van der Waals surface area contributed by atoms with Gasteiger partial charge in [-0.2, -0.15) is 0 Å². The van der Waals surface area contributed by atoms with Crippen LogP contribution in [0, 0.1) is 11.6 Å². The third-order valence-corrected chi connectivity index (χ3v) is 3.95. The molecule has 0 spiro atoms. The zero-order valence-corrected chi connectivity index (χ0v) is 12.3. The summed E-state index contributed by atoms with van der Waals surface area (Å²) in [6.45, 7) is 3.73. The Hall–Kier alpha value is -1.21. The first-order valence-electron chi connectivity index (χ1n) is 6.60. The molecule has 0 saturated carbocycles. The number of sulfonamides is 1. The molecule has 20 heavy (non-hydrogen) atoms. The van der Waals surface area contributed by atoms with E-state index >= 15 is 0 Å². The maximum Gasteiger partial charge on any atom is 0.232 e. The van der Waals surface area contributed by atoms with E-state index in [0.717, 1.165) is 38.1 Å². The van der Waals surface area contributed by atoms with E-state index in [1.165, 1.54) is 0 Å². The fourth-order valence-corrected chi connectivity index (χ4v) is 2.85. The standard InChI is InChI=1S/C13H20F2N2O2S/c1-2-5-16-6-3-4-7-20(18,19)17-13-9-11(14)8-12(15)10-13/h8-10,16-17H,2-7H2,1H3. The van der Waals surface area contributed by atoms with Gasteiger partial charge in [-0.25, -0.2) is 17.2 Å². The highest BCUT2D eigenvalue weighted by Crippen LogP contribution is 2.14. The van der Waals surface area contributed by atoms with Gasteiger partial charge in [-0.3, -0.25) is 4.72 Å². The predicted octanol–water partition coefficient (Wildman–Crippen LogP) is 2.49. The third kappa shape index (κ3) is 6.81. The van der Waals surface area contributed by atoms with Crippen LogP contribution >= 0.6 is 0 Å². The molecule has 0 radical (unpaired) electrons. The molecular weight excluding hydrogens is 286 g/mol. The van der Waals surface area contributed by atoms with Crippen molar-refractivity contribution >= 4 is 15.7 Å². The average Bonchev–Trinajstić information content (AvgIpc) is 2.31. The van der Waals surface area contributed by atoms with Crippen LogP contribution in [0.2, 0.25) is 0 Å². The van der Waals surface area contributed by atoms with E-state index < -0.39 is 21.7 Å². The number of unbranched alkanes of at least 4 members (excludes halogenated alkanes) is 1. The molecule has 0 saturated heterocycles. The van der Waals surface area contributed by atoms with Crippen LogP contribution in [0.4, 0.5) is 14.5 Å². The van der Waals surface area contributed by atoms with Crippen LogP contribution in [0.1, 0.15) is 26.2 Å². The summed E-state index contributed by atoms with van der Waals surface area (Å²) in [4.78, 5) is 0. The van der Waals surface area contributed by atoms with E-state index in [1.54, 1.807) is 0 Å². The Labute approximate surface area is 118 Å². The van der Waals surface area contributed by atoms with Gasteiger partial charge in [0.15, 0.2) is 0 Å². The molecule has 0 atom stereocenters. The molecule has 0 aliphatic rings. The molecule has 0 fully saturated rings. The Balaban J connectivity index is 2.41. The van der Waals surface area contributed by atoms with Gasteiger partial charge < -0.3 is 5.32 Å². The summed E-state index contributed by atoms with van der Waals surface area (Å²) in [6, 6.07) is 2.59. The Morgan fingerprint density at radius 1 is 1.05 bits per heavy atom. The van der Waals surface area contributed by atoms with Crippen molar-refractivity contribution in [2.75, 3.05) is 23.6 Å². The molecule has 0 amide bonds. The molecule has 114 valence electrons. The van der Waals surface area contributed by atoms with Gasteiger partial charge in [0.25, 0.3) is 0 Å². The van der Waals surface area contributed by atoms with Crippen molar-refractivity contribution in [1.29, 1.82) is 0 Å². The van der Waals surface area contributed by atoms with Crippen molar-refractivity contribution in [3.63, 3.8) is 0 Å². The summed E-state index contributed by atoms with van der Waals surface area (Å²) in [5.74, 6) is -1.70. The lowest BCUT2D eigenvalue weighted by atomic mass is 10.3. The first-order valence-corrected chi connectivity index (χ1v) is 8.25. The molecule has 7 heteroatoms. The molecule has 0 aromatic heterocycles. The lowest BCUT2D eigenvalue weighted by Gasteiger charge is -2.08. The van der Waals surface area contributed by atoms with Crippen LogP contribution in [0.15, 0.2) is 18.2 Å². The number of hydrogen-bond acceptors (Lipinski definition) is 3. The Bertz CT molecular complexity index is 501. The quantitative estimate of drug-likeness (QED) is 0.689. The van der Waals surface area contributed by atoms with Crippen molar-refractivity contribution in [2.45, 2.75) is 26.2 Å². The largest absolute Gasteiger partial charge is 0.317 e. The number of halogens is 2. The van der Waals surface area contributed by atoms with Gasteiger partial charge in [-0.05, 0) is 44.5 Å². The zero-order valence-electron chi connectivity index (χ0n) is 11.5. The van der Waals surface area contributed by atoms with Gasteiger partial charge in [-0.1, -0.05) is 6.92 Å². The van der Waals surface area contributed by atoms with Crippen LogP contribution in [-0.2, 0) is 10.0 Å². The Morgan fingerprint density at radius 2 is 1.70 bits per heavy atom. The van der Waals surface area contributed by atoms with Crippen LogP contribution in [0.25, 0.3) is 0 Å². The van der Waals surface area contributed by atoms with E-state index in [-0.39, 0.29) is 11.4 Å². The van der Waals surface area contributed by atoms with Gasteiger partial charge in [0.2, 0.25) is 10.0 Å². The highest BCUT2D eigenvalue weighted by Gasteiger charge is 2.11. The number of hydrogen-bond donors (Lipinski definition) is 2. The first kappa shape index (κ1) is 16.8. The molecule has 0 bridgehead atoms. The number of rotatable bonds is 9. The minimum absolute atomic E-state index is 0.0705. The summed E-state index contributed by atoms with van der Waals surface area (Å²) in [7, 11) is -3.57. The van der Waals surface area contributed by atoms with Gasteiger partial charge in [0.05, 0.1) is 11.4 Å². The molecule has 1 aromatic carbocycles. The monoisotopic (exact) mass is 306 g/mol. The van der Waals surface area contributed by atoms with Crippen LogP contribution < -0.4 is 10.0 Å². The summed E-state index contributed by atoms with van der Waals surface area (Å²) in [5, 5.41) is 3.17. The molecule has 2 N–H and O–H groups in total. The van der Waals surface area contributed by atoms with Crippen LogP contribution in [0.5, 0.6) is 0 Å². The molecule has 0 unspecified atom stereocenters. The molecule has 0 aliphatic heterocycles. The molecular formula is C13H20F2N2O2S. The van der Waals surface area contributed by atoms with E-state index in [0.29, 0.717) is 12.5 Å². The van der Waals surface area contributed by atoms with Crippen molar-refractivity contribution < 1.29 is 17.2 Å². The minimum Gasteiger partial charge on any atom is -0.317 e. The van der Waals surface area contributed by atoms with Crippen molar-refractivity contribution in [3.8, 4) is 0 Å². The van der Waals surface area contributed by atoms with Crippen molar-refractivity contribution in [1.82, 2.24) is 5.32 Å². The lowest BCUT2D eigenvalue weighted by Crippen LogP contribution is -2.20. The number of anilines is 1. The second-order valence-electron chi connectivity index (χ2n) is 4.54. The molecule has 4 nitrogen and oxygen atoms in total. The van der Waals surface area contributed by atoms with Crippen molar-refractivity contribution in [3.05, 3.63) is 29.8 Å². The smallest absolute Gasteiger partial charge is 0.232 e. The zero-order chi connectivity index (χ0) is 15.0. The Kier molecular flexibility index (Phi) is 6.87. The average molecular weight is 306 g/mol. The minimum atomic E-state index is -3.57. The van der Waals surface area contributed by atoms with Gasteiger partial charge >= 0.3 is 0 Å². The van der Waals surface area contributed by atoms with Crippen LogP contribution in [-0.4, -0.2) is 27.3 Å². The molecule has 1 rings (SSSR count). The maximum absolute atomic E-state index is 12.9. The van der Waals surface area contributed by atoms with Crippen molar-refractivity contribution in [2.24, 2.45) is 0 Å². The lowest BCUT2D eigenvalue weighted by molar-refractivity contribution is 0.583. The summed E-state index contributed by atoms with van der Waals surface area (Å²) in [6.07, 6.45) is 2.26. The van der Waals surface area contributed by atoms with Gasteiger partial charge in [-0.15, -0.1) is 0 Å². The van der Waals surface area contributed by atoms with Crippen LogP contribution in [0.3, 0.4) is 0 Å². The highest BCUT2D eigenvalue weighted by atomic mass is 32.2. The summed E-state index contributed by atoms with van der Waals surface area (Å²) >= 11 is 0. The van der Waals surface area contributed by atoms with E-state index in [9.17, 15) is 17.2 Å². The predicted molar refractivity (Wildman–Crippen MR) is 76.2 cm³/mol. The SMILES string of the molecule is CCCNCCCCS(=O)(=O)Nc1cc(F)cc(F)c1. The summed E-state index contributed by atoms with van der Waals surface area (Å²) < 4.78 is 51.5. The first-order chi connectivity index (χ1) is 9.43. The summed E-state index contributed by atoms with van der Waals surface area (Å²) in [5.41, 5.74) is -0.0911. The maximum atomic E-state index is 12.9. The third-order valence-electron chi connectivity index (χ3n) is 2.58. The topological polar surface area (TPSA) is 58.2 Å². The molecule has 0 aliphatic carbocycles. The molecule has 1 aromatic rings. The van der Waals surface area contributed by atoms with Gasteiger partial charge in [0, 0.05) is 6.07 Å². The number of nitrogens with one attached hydrogen (secondary N) is 2. The molecule has 0 heterocycles. The normalized spacial score (nSPS) is 11.6. The fourth-order valence-electron chi connectivity index (χ4n) is 1.69. The fraction of sp³-hybridized carbons (Fsp3) is 0.538. The number of benzene rings is 1. The Morgan fingerprint density at radius 3 is 2.30 bits per heavy atom. The second kappa shape index (κ2) is 8.16. The van der Waals surface area contributed by atoms with E-state index in [4.69, 9.17) is 0 Å². The van der Waals surface area contributed by atoms with Gasteiger partial charge in [0.1, 0.15) is 11.6 Å². The second-order valence-corrected chi connectivity index (χ2v) is 6.38. The van der Waals surface area contributed by atoms with E-state index in [1.807, 2.05) is 0 Å². The van der Waals surface area contributed by atoms with E-state index in [2.05, 4.69) is 17.0 Å². The highest BCUT2D eigenvalue weighted by molar-refractivity contribution is 7.92.